The maximum atomic E-state index is 12.7. The van der Waals surface area contributed by atoms with Crippen molar-refractivity contribution in [2.45, 2.75) is 27.2 Å². The third kappa shape index (κ3) is 3.48. The van der Waals surface area contributed by atoms with Crippen LogP contribution in [0.25, 0.3) is 0 Å². The Kier molecular flexibility index (Phi) is 5.21. The predicted molar refractivity (Wildman–Crippen MR) is 90.6 cm³/mol. The van der Waals surface area contributed by atoms with Crippen LogP contribution in [-0.2, 0) is 11.2 Å². The fourth-order valence-corrected chi connectivity index (χ4v) is 2.60. The van der Waals surface area contributed by atoms with E-state index < -0.39 is 0 Å². The molecule has 22 heavy (non-hydrogen) atoms. The molecule has 0 unspecified atom stereocenters. The minimum absolute atomic E-state index is 0.0840. The maximum absolute atomic E-state index is 12.7. The second-order valence-corrected chi connectivity index (χ2v) is 5.42. The Labute approximate surface area is 132 Å². The van der Waals surface area contributed by atoms with Gasteiger partial charge in [-0.3, -0.25) is 4.79 Å². The van der Waals surface area contributed by atoms with E-state index in [2.05, 4.69) is 18.2 Å². The highest BCUT2D eigenvalue weighted by Crippen LogP contribution is 2.24. The number of hydrogen-bond acceptors (Lipinski definition) is 2. The molecule has 2 aromatic carbocycles. The number of rotatable bonds is 5. The monoisotopic (exact) mass is 297 g/mol. The van der Waals surface area contributed by atoms with Gasteiger partial charge in [0.05, 0.1) is 13.5 Å². The zero-order chi connectivity index (χ0) is 16.1. The van der Waals surface area contributed by atoms with Crippen LogP contribution in [0.2, 0.25) is 0 Å². The highest BCUT2D eigenvalue weighted by atomic mass is 16.5. The lowest BCUT2D eigenvalue weighted by Crippen LogP contribution is -2.32. The third-order valence-corrected chi connectivity index (χ3v) is 3.81. The van der Waals surface area contributed by atoms with Crippen LogP contribution >= 0.6 is 0 Å². The van der Waals surface area contributed by atoms with Crippen molar-refractivity contribution in [2.24, 2.45) is 0 Å². The molecule has 0 radical (unpaired) electrons. The normalized spacial score (nSPS) is 10.4. The van der Waals surface area contributed by atoms with Crippen LogP contribution in [-0.4, -0.2) is 19.6 Å². The van der Waals surface area contributed by atoms with Gasteiger partial charge in [-0.15, -0.1) is 0 Å². The van der Waals surface area contributed by atoms with Crippen molar-refractivity contribution < 1.29 is 9.53 Å². The molecule has 0 aromatic heterocycles. The zero-order valence-corrected chi connectivity index (χ0v) is 13.7. The molecule has 0 fully saturated rings. The lowest BCUT2D eigenvalue weighted by Gasteiger charge is -2.24. The number of carbonyl (C=O) groups excluding carboxylic acids is 1. The average molecular weight is 297 g/mol. The van der Waals surface area contributed by atoms with Gasteiger partial charge < -0.3 is 9.64 Å². The van der Waals surface area contributed by atoms with Gasteiger partial charge in [-0.05, 0) is 44.0 Å². The summed E-state index contributed by atoms with van der Waals surface area (Å²) >= 11 is 0. The average Bonchev–Trinajstić information content (AvgIpc) is 2.52. The molecule has 0 heterocycles. The molecule has 2 aromatic rings. The molecule has 0 aliphatic heterocycles. The van der Waals surface area contributed by atoms with Crippen molar-refractivity contribution in [1.29, 1.82) is 0 Å². The quantitative estimate of drug-likeness (QED) is 0.837. The van der Waals surface area contributed by atoms with E-state index in [1.165, 1.54) is 0 Å². The Morgan fingerprint density at radius 3 is 2.55 bits per heavy atom. The number of ether oxygens (including phenoxy) is 1. The minimum Gasteiger partial charge on any atom is -0.496 e. The Morgan fingerprint density at radius 2 is 1.86 bits per heavy atom. The molecule has 0 bridgehead atoms. The number of para-hydroxylation sites is 1. The number of nitrogens with zero attached hydrogens (tertiary/aromatic N) is 1. The summed E-state index contributed by atoms with van der Waals surface area (Å²) in [5, 5.41) is 0. The van der Waals surface area contributed by atoms with Crippen molar-refractivity contribution in [3.8, 4) is 5.75 Å². The van der Waals surface area contributed by atoms with Gasteiger partial charge in [-0.1, -0.05) is 30.3 Å². The lowest BCUT2D eigenvalue weighted by atomic mass is 10.1. The third-order valence-electron chi connectivity index (χ3n) is 3.81. The second-order valence-electron chi connectivity index (χ2n) is 5.42. The summed E-state index contributed by atoms with van der Waals surface area (Å²) in [5.74, 6) is 0.841. The summed E-state index contributed by atoms with van der Waals surface area (Å²) in [7, 11) is 1.63. The molecule has 3 nitrogen and oxygen atoms in total. The molecule has 0 aliphatic rings. The highest BCUT2D eigenvalue weighted by Gasteiger charge is 2.18. The van der Waals surface area contributed by atoms with E-state index in [1.54, 1.807) is 7.11 Å². The summed E-state index contributed by atoms with van der Waals surface area (Å²) in [4.78, 5) is 14.6. The van der Waals surface area contributed by atoms with Crippen LogP contribution in [0.15, 0.2) is 42.5 Å². The number of carbonyl (C=O) groups is 1. The topological polar surface area (TPSA) is 29.5 Å². The Bertz CT molecular complexity index is 664. The first-order valence-electron chi connectivity index (χ1n) is 7.56. The van der Waals surface area contributed by atoms with Crippen molar-refractivity contribution in [3.63, 3.8) is 0 Å². The summed E-state index contributed by atoms with van der Waals surface area (Å²) in [6, 6.07) is 13.9. The van der Waals surface area contributed by atoms with Gasteiger partial charge in [-0.25, -0.2) is 0 Å². The molecule has 0 saturated carbocycles. The molecule has 2 rings (SSSR count). The zero-order valence-electron chi connectivity index (χ0n) is 13.7. The smallest absolute Gasteiger partial charge is 0.231 e. The number of benzene rings is 2. The molecule has 116 valence electrons. The molecule has 1 amide bonds. The van der Waals surface area contributed by atoms with Crippen molar-refractivity contribution in [1.82, 2.24) is 0 Å². The number of methoxy groups -OCH3 is 1. The Hall–Kier alpha value is -2.29. The SMILES string of the molecule is CCN(C(=O)Cc1ccccc1OC)c1cc(C)ccc1C. The summed E-state index contributed by atoms with van der Waals surface area (Å²) in [6.45, 7) is 6.73. The van der Waals surface area contributed by atoms with Gasteiger partial charge in [0, 0.05) is 17.8 Å². The number of hydrogen-bond donors (Lipinski definition) is 0. The Morgan fingerprint density at radius 1 is 1.14 bits per heavy atom. The van der Waals surface area contributed by atoms with E-state index in [-0.39, 0.29) is 5.91 Å². The van der Waals surface area contributed by atoms with Gasteiger partial charge >= 0.3 is 0 Å². The fraction of sp³-hybridized carbons (Fsp3) is 0.316. The summed E-state index contributed by atoms with van der Waals surface area (Å²) in [5.41, 5.74) is 4.17. The first-order valence-corrected chi connectivity index (χ1v) is 7.56. The first-order chi connectivity index (χ1) is 10.6. The maximum Gasteiger partial charge on any atom is 0.231 e. The Balaban J connectivity index is 2.27. The number of aryl methyl sites for hydroxylation is 2. The molecule has 0 atom stereocenters. The van der Waals surface area contributed by atoms with Gasteiger partial charge in [0.1, 0.15) is 5.75 Å². The standard InChI is InChI=1S/C19H23NO2/c1-5-20(17-12-14(2)10-11-15(17)3)19(21)13-16-8-6-7-9-18(16)22-4/h6-12H,5,13H2,1-4H3. The molecule has 0 N–H and O–H groups in total. The van der Waals surface area contributed by atoms with E-state index in [0.717, 1.165) is 28.1 Å². The second kappa shape index (κ2) is 7.12. The van der Waals surface area contributed by atoms with Crippen LogP contribution in [0.4, 0.5) is 5.69 Å². The van der Waals surface area contributed by atoms with Crippen LogP contribution in [0.3, 0.4) is 0 Å². The first kappa shape index (κ1) is 16.1. The van der Waals surface area contributed by atoms with Crippen LogP contribution in [0.5, 0.6) is 5.75 Å². The number of amides is 1. The van der Waals surface area contributed by atoms with Crippen LogP contribution < -0.4 is 9.64 Å². The van der Waals surface area contributed by atoms with E-state index in [9.17, 15) is 4.79 Å². The molecule has 0 saturated heterocycles. The van der Waals surface area contributed by atoms with Crippen LogP contribution in [0, 0.1) is 13.8 Å². The summed E-state index contributed by atoms with van der Waals surface area (Å²) in [6.07, 6.45) is 0.339. The predicted octanol–water partition coefficient (Wildman–Crippen LogP) is 3.91. The number of anilines is 1. The molecule has 0 spiro atoms. The van der Waals surface area contributed by atoms with E-state index >= 15 is 0 Å². The molecule has 0 aliphatic carbocycles. The van der Waals surface area contributed by atoms with Crippen LogP contribution in [0.1, 0.15) is 23.6 Å². The summed E-state index contributed by atoms with van der Waals surface area (Å²) < 4.78 is 5.34. The van der Waals surface area contributed by atoms with Crippen molar-refractivity contribution in [3.05, 3.63) is 59.2 Å². The van der Waals surface area contributed by atoms with Gasteiger partial charge in [0.15, 0.2) is 0 Å². The highest BCUT2D eigenvalue weighted by molar-refractivity contribution is 5.95. The minimum atomic E-state index is 0.0840. The van der Waals surface area contributed by atoms with Crippen molar-refractivity contribution in [2.75, 3.05) is 18.6 Å². The largest absolute Gasteiger partial charge is 0.496 e. The number of likely N-dealkylation sites (N-methyl/N-ethyl adjacent to an activating group) is 1. The molecular formula is C19H23NO2. The van der Waals surface area contributed by atoms with Gasteiger partial charge in [0.25, 0.3) is 0 Å². The molecular weight excluding hydrogens is 274 g/mol. The lowest BCUT2D eigenvalue weighted by molar-refractivity contribution is -0.118. The van der Waals surface area contributed by atoms with Gasteiger partial charge in [-0.2, -0.15) is 0 Å². The van der Waals surface area contributed by atoms with E-state index in [4.69, 9.17) is 4.74 Å². The van der Waals surface area contributed by atoms with E-state index in [0.29, 0.717) is 13.0 Å². The van der Waals surface area contributed by atoms with E-state index in [1.807, 2.05) is 49.9 Å². The molecule has 3 heteroatoms. The van der Waals surface area contributed by atoms with Gasteiger partial charge in [0.2, 0.25) is 5.91 Å². The fourth-order valence-electron chi connectivity index (χ4n) is 2.60. The van der Waals surface area contributed by atoms with Crippen molar-refractivity contribution >= 4 is 11.6 Å².